The highest BCUT2D eigenvalue weighted by Crippen LogP contribution is 2.32. The van der Waals surface area contributed by atoms with Crippen LogP contribution in [-0.4, -0.2) is 22.9 Å². The molecule has 2 aromatic carbocycles. The molecule has 0 amide bonds. The van der Waals surface area contributed by atoms with Crippen molar-refractivity contribution in [1.82, 2.24) is 0 Å². The van der Waals surface area contributed by atoms with Crippen LogP contribution in [0.25, 0.3) is 0 Å². The van der Waals surface area contributed by atoms with Gasteiger partial charge in [0.1, 0.15) is 0 Å². The summed E-state index contributed by atoms with van der Waals surface area (Å²) in [5.41, 5.74) is 6.50. The Bertz CT molecular complexity index is 810. The first-order valence-electron chi connectivity index (χ1n) is 10.1. The number of nitrogens with one attached hydrogen (secondary N) is 1. The Morgan fingerprint density at radius 2 is 1.30 bits per heavy atom. The van der Waals surface area contributed by atoms with E-state index in [9.17, 15) is 17.6 Å². The second-order valence-corrected chi connectivity index (χ2v) is 9.37. The van der Waals surface area contributed by atoms with Gasteiger partial charge in [-0.05, 0) is 63.8 Å². The molecule has 2 nitrogen and oxygen atoms in total. The SMILES string of the molecule is CC(F)(F)CC(C)(N)Cc1cccc(NC(C)(Cc2ccccc2)CC(C)(F)F)c1. The van der Waals surface area contributed by atoms with E-state index in [1.165, 1.54) is 0 Å². The van der Waals surface area contributed by atoms with Crippen molar-refractivity contribution in [3.05, 3.63) is 65.7 Å². The highest BCUT2D eigenvalue weighted by molar-refractivity contribution is 5.48. The normalized spacial score (nSPS) is 16.6. The molecule has 0 fully saturated rings. The van der Waals surface area contributed by atoms with E-state index in [4.69, 9.17) is 5.73 Å². The van der Waals surface area contributed by atoms with Gasteiger partial charge in [-0.1, -0.05) is 42.5 Å². The molecule has 30 heavy (non-hydrogen) atoms. The largest absolute Gasteiger partial charge is 0.379 e. The van der Waals surface area contributed by atoms with Gasteiger partial charge >= 0.3 is 0 Å². The van der Waals surface area contributed by atoms with Crippen LogP contribution in [0.1, 0.15) is 51.7 Å². The molecule has 0 spiro atoms. The molecular formula is C24H32F4N2. The average molecular weight is 425 g/mol. The van der Waals surface area contributed by atoms with Gasteiger partial charge in [0, 0.05) is 29.6 Å². The molecule has 0 saturated carbocycles. The van der Waals surface area contributed by atoms with Crippen LogP contribution >= 0.6 is 0 Å². The fourth-order valence-corrected chi connectivity index (χ4v) is 4.23. The minimum absolute atomic E-state index is 0.255. The maximum atomic E-state index is 14.0. The summed E-state index contributed by atoms with van der Waals surface area (Å²) >= 11 is 0. The topological polar surface area (TPSA) is 38.0 Å². The van der Waals surface area contributed by atoms with Gasteiger partial charge in [-0.3, -0.25) is 0 Å². The van der Waals surface area contributed by atoms with Crippen LogP contribution in [0.15, 0.2) is 54.6 Å². The summed E-state index contributed by atoms with van der Waals surface area (Å²) in [7, 11) is 0. The van der Waals surface area contributed by atoms with Crippen molar-refractivity contribution in [3.8, 4) is 0 Å². The fraction of sp³-hybridized carbons (Fsp3) is 0.500. The fourth-order valence-electron chi connectivity index (χ4n) is 4.23. The molecule has 6 heteroatoms. The van der Waals surface area contributed by atoms with Crippen LogP contribution in [-0.2, 0) is 12.8 Å². The summed E-state index contributed by atoms with van der Waals surface area (Å²) in [6, 6.07) is 16.7. The van der Waals surface area contributed by atoms with Gasteiger partial charge in [-0.25, -0.2) is 17.6 Å². The minimum atomic E-state index is -2.86. The monoisotopic (exact) mass is 424 g/mol. The lowest BCUT2D eigenvalue weighted by molar-refractivity contribution is -0.00687. The molecule has 166 valence electrons. The lowest BCUT2D eigenvalue weighted by Crippen LogP contribution is -2.43. The molecule has 0 heterocycles. The number of benzene rings is 2. The van der Waals surface area contributed by atoms with E-state index in [2.05, 4.69) is 5.32 Å². The molecule has 0 aliphatic carbocycles. The van der Waals surface area contributed by atoms with Crippen molar-refractivity contribution in [2.75, 3.05) is 5.32 Å². The van der Waals surface area contributed by atoms with E-state index in [1.807, 2.05) is 36.4 Å². The van der Waals surface area contributed by atoms with Gasteiger partial charge in [0.25, 0.3) is 0 Å². The van der Waals surface area contributed by atoms with Crippen molar-refractivity contribution in [3.63, 3.8) is 0 Å². The number of hydrogen-bond acceptors (Lipinski definition) is 2. The van der Waals surface area contributed by atoms with E-state index in [-0.39, 0.29) is 12.8 Å². The number of anilines is 1. The number of rotatable bonds is 10. The summed E-state index contributed by atoms with van der Waals surface area (Å²) in [5.74, 6) is -5.71. The van der Waals surface area contributed by atoms with Crippen molar-refractivity contribution in [2.45, 2.75) is 76.3 Å². The quantitative estimate of drug-likeness (QED) is 0.430. The molecule has 3 N–H and O–H groups in total. The van der Waals surface area contributed by atoms with Crippen molar-refractivity contribution >= 4 is 5.69 Å². The zero-order valence-corrected chi connectivity index (χ0v) is 18.1. The molecule has 0 aliphatic heterocycles. The summed E-state index contributed by atoms with van der Waals surface area (Å²) < 4.78 is 54.8. The Morgan fingerprint density at radius 3 is 1.87 bits per heavy atom. The van der Waals surface area contributed by atoms with Crippen LogP contribution in [0.5, 0.6) is 0 Å². The predicted molar refractivity (Wildman–Crippen MR) is 115 cm³/mol. The molecule has 2 atom stereocenters. The molecule has 0 aromatic heterocycles. The third-order valence-electron chi connectivity index (χ3n) is 4.83. The summed E-state index contributed by atoms with van der Waals surface area (Å²) in [6.45, 7) is 5.14. The number of halogens is 4. The molecule has 0 bridgehead atoms. The Balaban J connectivity index is 2.22. The Hall–Kier alpha value is -2.08. The zero-order valence-electron chi connectivity index (χ0n) is 18.1. The maximum absolute atomic E-state index is 14.0. The predicted octanol–water partition coefficient (Wildman–Crippen LogP) is 6.45. The van der Waals surface area contributed by atoms with Gasteiger partial charge in [0.2, 0.25) is 11.8 Å². The van der Waals surface area contributed by atoms with Crippen LogP contribution in [0.4, 0.5) is 23.2 Å². The number of hydrogen-bond donors (Lipinski definition) is 2. The van der Waals surface area contributed by atoms with Gasteiger partial charge < -0.3 is 11.1 Å². The zero-order chi connectivity index (χ0) is 22.6. The first-order chi connectivity index (χ1) is 13.6. The van der Waals surface area contributed by atoms with Gasteiger partial charge in [-0.15, -0.1) is 0 Å². The van der Waals surface area contributed by atoms with E-state index >= 15 is 0 Å². The molecule has 2 aromatic rings. The maximum Gasteiger partial charge on any atom is 0.247 e. The second kappa shape index (κ2) is 8.96. The summed E-state index contributed by atoms with van der Waals surface area (Å²) in [5, 5.41) is 3.27. The third kappa shape index (κ3) is 8.74. The van der Waals surface area contributed by atoms with Crippen LogP contribution in [0.2, 0.25) is 0 Å². The second-order valence-electron chi connectivity index (χ2n) is 9.37. The summed E-state index contributed by atoms with van der Waals surface area (Å²) in [6.07, 6.45) is -0.120. The minimum Gasteiger partial charge on any atom is -0.379 e. The highest BCUT2D eigenvalue weighted by Gasteiger charge is 2.36. The Labute approximate surface area is 176 Å². The number of alkyl halides is 4. The van der Waals surface area contributed by atoms with E-state index in [1.54, 1.807) is 32.0 Å². The van der Waals surface area contributed by atoms with Gasteiger partial charge in [0.05, 0.1) is 0 Å². The van der Waals surface area contributed by atoms with Crippen LogP contribution < -0.4 is 11.1 Å². The molecule has 0 radical (unpaired) electrons. The van der Waals surface area contributed by atoms with E-state index < -0.39 is 29.3 Å². The molecular weight excluding hydrogens is 392 g/mol. The first kappa shape index (κ1) is 24.2. The first-order valence-corrected chi connectivity index (χ1v) is 10.1. The van der Waals surface area contributed by atoms with Crippen molar-refractivity contribution < 1.29 is 17.6 Å². The summed E-state index contributed by atoms with van der Waals surface area (Å²) in [4.78, 5) is 0. The van der Waals surface area contributed by atoms with E-state index in [0.717, 1.165) is 25.0 Å². The molecule has 0 saturated heterocycles. The van der Waals surface area contributed by atoms with E-state index in [0.29, 0.717) is 12.1 Å². The van der Waals surface area contributed by atoms with Gasteiger partial charge in [-0.2, -0.15) is 0 Å². The van der Waals surface area contributed by atoms with Crippen molar-refractivity contribution in [1.29, 1.82) is 0 Å². The average Bonchev–Trinajstić information content (AvgIpc) is 2.50. The van der Waals surface area contributed by atoms with Crippen molar-refractivity contribution in [2.24, 2.45) is 5.73 Å². The van der Waals surface area contributed by atoms with Gasteiger partial charge in [0.15, 0.2) is 0 Å². The molecule has 2 unspecified atom stereocenters. The lowest BCUT2D eigenvalue weighted by Gasteiger charge is -2.35. The Morgan fingerprint density at radius 1 is 0.733 bits per heavy atom. The van der Waals surface area contributed by atoms with Crippen LogP contribution in [0.3, 0.4) is 0 Å². The number of nitrogens with two attached hydrogens (primary N) is 1. The highest BCUT2D eigenvalue weighted by atomic mass is 19.3. The molecule has 0 aliphatic rings. The smallest absolute Gasteiger partial charge is 0.247 e. The Kier molecular flexibility index (Phi) is 7.23. The third-order valence-corrected chi connectivity index (χ3v) is 4.83. The standard InChI is InChI=1S/C24H32F4N2/c1-21(29,16-23(3,25)26)14-19-11-8-12-20(13-19)30-22(2,17-24(4,27)28)15-18-9-6-5-7-10-18/h5-13,30H,14-17,29H2,1-4H3. The lowest BCUT2D eigenvalue weighted by atomic mass is 9.86. The van der Waals surface area contributed by atoms with Crippen LogP contribution in [0, 0.1) is 0 Å². The molecule has 2 rings (SSSR count).